The maximum Gasteiger partial charge on any atom is 0.306 e. The van der Waals surface area contributed by atoms with Crippen LogP contribution in [0.3, 0.4) is 0 Å². The molecule has 1 atom stereocenters. The van der Waals surface area contributed by atoms with Gasteiger partial charge in [-0.3, -0.25) is 14.4 Å². The lowest BCUT2D eigenvalue weighted by Crippen LogP contribution is -2.30. The summed E-state index contributed by atoms with van der Waals surface area (Å²) in [5, 5.41) is 0. The van der Waals surface area contributed by atoms with Crippen LogP contribution in [0.25, 0.3) is 0 Å². The van der Waals surface area contributed by atoms with E-state index in [1.165, 1.54) is 89.9 Å². The lowest BCUT2D eigenvalue weighted by atomic mass is 10.0. The molecule has 0 saturated heterocycles. The van der Waals surface area contributed by atoms with E-state index in [-0.39, 0.29) is 31.1 Å². The first-order chi connectivity index (χ1) is 38.5. The fourth-order valence-electron chi connectivity index (χ4n) is 8.65. The molecule has 0 aromatic rings. The Labute approximate surface area is 481 Å². The molecule has 0 rings (SSSR count). The predicted molar refractivity (Wildman–Crippen MR) is 339 cm³/mol. The Kier molecular flexibility index (Phi) is 61.4. The summed E-state index contributed by atoms with van der Waals surface area (Å²) in [6.45, 7) is 6.40. The standard InChI is InChI=1S/C72H118O6/c1-4-7-10-13-16-19-22-25-27-29-31-33-34-35-36-37-38-40-41-43-45-47-50-53-56-59-62-65-71(74)77-68-69(67-76-70(73)64-61-58-55-52-49-24-21-18-15-12-9-6-3)78-72(75)66-63-60-57-54-51-48-46-44-42-39-32-30-28-26-23-20-17-14-11-8-5-2/h7-8,10-11,16-17,19-20,25-28,31-33,35-36,38-40,43,45,69H,4-6,9,12-15,18,21-24,29-30,34,37,41-42,44,46-68H2,1-3H3/b10-7-,11-8-,19-16-,20-17-,27-25-,28-26-,33-31-,36-35-,39-32-,40-38-,45-43-. The van der Waals surface area contributed by atoms with Gasteiger partial charge in [0, 0.05) is 19.3 Å². The van der Waals surface area contributed by atoms with Crippen molar-refractivity contribution >= 4 is 17.9 Å². The molecule has 1 unspecified atom stereocenters. The van der Waals surface area contributed by atoms with E-state index in [4.69, 9.17) is 14.2 Å². The van der Waals surface area contributed by atoms with Crippen molar-refractivity contribution in [2.75, 3.05) is 13.2 Å². The van der Waals surface area contributed by atoms with Gasteiger partial charge in [-0.15, -0.1) is 0 Å². The Morgan fingerprint density at radius 1 is 0.269 bits per heavy atom. The van der Waals surface area contributed by atoms with Crippen molar-refractivity contribution < 1.29 is 28.6 Å². The number of carbonyl (C=O) groups excluding carboxylic acids is 3. The number of unbranched alkanes of at least 4 members (excludes halogenated alkanes) is 24. The zero-order valence-electron chi connectivity index (χ0n) is 50.6. The van der Waals surface area contributed by atoms with Crippen LogP contribution in [0, 0.1) is 0 Å². The van der Waals surface area contributed by atoms with Gasteiger partial charge < -0.3 is 14.2 Å². The third-order valence-electron chi connectivity index (χ3n) is 13.4. The van der Waals surface area contributed by atoms with Gasteiger partial charge in [0.05, 0.1) is 0 Å². The number of ether oxygens (including phenoxy) is 3. The number of allylic oxidation sites excluding steroid dienone is 22. The smallest absolute Gasteiger partial charge is 0.306 e. The molecule has 0 bridgehead atoms. The van der Waals surface area contributed by atoms with Crippen molar-refractivity contribution in [1.82, 2.24) is 0 Å². The molecule has 0 amide bonds. The van der Waals surface area contributed by atoms with E-state index < -0.39 is 6.10 Å². The Morgan fingerprint density at radius 2 is 0.500 bits per heavy atom. The maximum atomic E-state index is 12.9. The van der Waals surface area contributed by atoms with Crippen molar-refractivity contribution in [1.29, 1.82) is 0 Å². The van der Waals surface area contributed by atoms with Crippen molar-refractivity contribution in [3.63, 3.8) is 0 Å². The average Bonchev–Trinajstić information content (AvgIpc) is 3.44. The number of esters is 3. The van der Waals surface area contributed by atoms with Crippen molar-refractivity contribution in [2.24, 2.45) is 0 Å². The minimum Gasteiger partial charge on any atom is -0.462 e. The minimum absolute atomic E-state index is 0.0891. The molecule has 442 valence electrons. The molecule has 78 heavy (non-hydrogen) atoms. The summed E-state index contributed by atoms with van der Waals surface area (Å²) in [7, 11) is 0. The highest BCUT2D eigenvalue weighted by atomic mass is 16.6. The summed E-state index contributed by atoms with van der Waals surface area (Å²) in [5.74, 6) is -0.914. The normalized spacial score (nSPS) is 13.0. The second kappa shape index (κ2) is 65.1. The van der Waals surface area contributed by atoms with Gasteiger partial charge in [0.2, 0.25) is 0 Å². The highest BCUT2D eigenvalue weighted by Crippen LogP contribution is 2.15. The highest BCUT2D eigenvalue weighted by molar-refractivity contribution is 5.71. The van der Waals surface area contributed by atoms with Crippen molar-refractivity contribution in [3.8, 4) is 0 Å². The summed E-state index contributed by atoms with van der Waals surface area (Å²) >= 11 is 0. The molecular formula is C72H118O6. The van der Waals surface area contributed by atoms with Crippen LogP contribution in [-0.2, 0) is 28.6 Å². The van der Waals surface area contributed by atoms with Crippen LogP contribution in [0.2, 0.25) is 0 Å². The largest absolute Gasteiger partial charge is 0.462 e. The first-order valence-electron chi connectivity index (χ1n) is 32.2. The molecule has 6 heteroatoms. The van der Waals surface area contributed by atoms with Crippen LogP contribution in [0.15, 0.2) is 134 Å². The Hall–Kier alpha value is -4.45. The lowest BCUT2D eigenvalue weighted by molar-refractivity contribution is -0.167. The lowest BCUT2D eigenvalue weighted by Gasteiger charge is -2.18. The molecule has 0 heterocycles. The van der Waals surface area contributed by atoms with Crippen LogP contribution < -0.4 is 0 Å². The number of hydrogen-bond acceptors (Lipinski definition) is 6. The maximum absolute atomic E-state index is 12.9. The fourth-order valence-corrected chi connectivity index (χ4v) is 8.65. The fraction of sp³-hybridized carbons (Fsp3) is 0.653. The van der Waals surface area contributed by atoms with E-state index in [0.717, 1.165) is 154 Å². The molecule has 0 aliphatic heterocycles. The van der Waals surface area contributed by atoms with Crippen LogP contribution in [0.1, 0.15) is 284 Å². The summed E-state index contributed by atoms with van der Waals surface area (Å²) in [5.41, 5.74) is 0. The van der Waals surface area contributed by atoms with Crippen LogP contribution in [0.5, 0.6) is 0 Å². The van der Waals surface area contributed by atoms with Crippen LogP contribution in [-0.4, -0.2) is 37.2 Å². The Balaban J connectivity index is 4.39. The van der Waals surface area contributed by atoms with E-state index in [1.807, 2.05) is 0 Å². The van der Waals surface area contributed by atoms with Gasteiger partial charge in [-0.1, -0.05) is 283 Å². The second-order valence-corrected chi connectivity index (χ2v) is 20.9. The number of carbonyl (C=O) groups is 3. The first-order valence-corrected chi connectivity index (χ1v) is 32.2. The van der Waals surface area contributed by atoms with Gasteiger partial charge in [0.15, 0.2) is 6.10 Å². The molecule has 0 fully saturated rings. The molecule has 0 spiro atoms. The van der Waals surface area contributed by atoms with Gasteiger partial charge >= 0.3 is 17.9 Å². The molecule has 0 aliphatic carbocycles. The highest BCUT2D eigenvalue weighted by Gasteiger charge is 2.19. The van der Waals surface area contributed by atoms with Gasteiger partial charge in [-0.05, 0) is 116 Å². The van der Waals surface area contributed by atoms with Crippen molar-refractivity contribution in [2.45, 2.75) is 290 Å². The molecule has 6 nitrogen and oxygen atoms in total. The topological polar surface area (TPSA) is 78.9 Å². The van der Waals surface area contributed by atoms with E-state index in [9.17, 15) is 14.4 Å². The zero-order chi connectivity index (χ0) is 56.4. The third kappa shape index (κ3) is 62.4. The summed E-state index contributed by atoms with van der Waals surface area (Å²) < 4.78 is 16.9. The average molecular weight is 1080 g/mol. The quantitative estimate of drug-likeness (QED) is 0.0261. The summed E-state index contributed by atoms with van der Waals surface area (Å²) in [6, 6.07) is 0. The zero-order valence-corrected chi connectivity index (χ0v) is 50.6. The van der Waals surface area contributed by atoms with Crippen LogP contribution in [0.4, 0.5) is 0 Å². The van der Waals surface area contributed by atoms with Gasteiger partial charge in [-0.25, -0.2) is 0 Å². The van der Waals surface area contributed by atoms with E-state index in [0.29, 0.717) is 19.3 Å². The molecule has 0 aromatic heterocycles. The molecular weight excluding hydrogens is 961 g/mol. The molecule has 0 radical (unpaired) electrons. The van der Waals surface area contributed by atoms with E-state index >= 15 is 0 Å². The number of hydrogen-bond donors (Lipinski definition) is 0. The Bertz CT molecular complexity index is 1670. The predicted octanol–water partition coefficient (Wildman–Crippen LogP) is 22.2. The second-order valence-electron chi connectivity index (χ2n) is 20.9. The Morgan fingerprint density at radius 3 is 0.782 bits per heavy atom. The third-order valence-corrected chi connectivity index (χ3v) is 13.4. The SMILES string of the molecule is CC/C=C\C/C=C\C/C=C\C/C=C\C/C=C\C/C=C\C/C=C\CCCCCCCC(=O)OCC(COC(=O)CCCCCCCCCCCCCC)OC(=O)CCCCCCCCCC/C=C\C/C=C\C/C=C\C/C=C\CC. The van der Waals surface area contributed by atoms with Gasteiger partial charge in [0.1, 0.15) is 13.2 Å². The molecule has 0 aliphatic rings. The van der Waals surface area contributed by atoms with Gasteiger partial charge in [-0.2, -0.15) is 0 Å². The van der Waals surface area contributed by atoms with Gasteiger partial charge in [0.25, 0.3) is 0 Å². The van der Waals surface area contributed by atoms with Crippen LogP contribution >= 0.6 is 0 Å². The summed E-state index contributed by atoms with van der Waals surface area (Å²) in [6.07, 6.45) is 91.6. The monoisotopic (exact) mass is 1080 g/mol. The molecule has 0 saturated carbocycles. The molecule has 0 aromatic carbocycles. The number of rotatable bonds is 57. The first kappa shape index (κ1) is 73.5. The minimum atomic E-state index is -0.795. The van der Waals surface area contributed by atoms with Crippen molar-refractivity contribution in [3.05, 3.63) is 134 Å². The van der Waals surface area contributed by atoms with E-state index in [2.05, 4.69) is 154 Å². The molecule has 0 N–H and O–H groups in total. The summed E-state index contributed by atoms with van der Waals surface area (Å²) in [4.78, 5) is 38.3. The van der Waals surface area contributed by atoms with E-state index in [1.54, 1.807) is 0 Å².